The molecule has 2 fully saturated rings. The van der Waals surface area contributed by atoms with Gasteiger partial charge in [0.15, 0.2) is 0 Å². The molecule has 2 saturated carbocycles. The predicted octanol–water partition coefficient (Wildman–Crippen LogP) is 5.03. The lowest BCUT2D eigenvalue weighted by Crippen LogP contribution is -2.58. The topological polar surface area (TPSA) is 20.2 Å². The zero-order chi connectivity index (χ0) is 14.6. The van der Waals surface area contributed by atoms with Crippen LogP contribution in [0.5, 0.6) is 0 Å². The highest BCUT2D eigenvalue weighted by molar-refractivity contribution is 9.10. The maximum absolute atomic E-state index is 10.2. The summed E-state index contributed by atoms with van der Waals surface area (Å²) < 4.78 is 0.00797. The Balaban J connectivity index is 2.39. The van der Waals surface area contributed by atoms with Gasteiger partial charge in [-0.2, -0.15) is 0 Å². The van der Waals surface area contributed by atoms with Crippen LogP contribution < -0.4 is 0 Å². The molecule has 0 heterocycles. The molecular formula is C15H23Br2ClO. The summed E-state index contributed by atoms with van der Waals surface area (Å²) in [6, 6.07) is 0. The first-order valence-corrected chi connectivity index (χ1v) is 9.02. The zero-order valence-electron chi connectivity index (χ0n) is 11.8. The third-order valence-electron chi connectivity index (χ3n) is 5.61. The first-order chi connectivity index (χ1) is 8.54. The molecular weight excluding hydrogens is 391 g/mol. The molecule has 110 valence electrons. The third kappa shape index (κ3) is 2.37. The summed E-state index contributed by atoms with van der Waals surface area (Å²) >= 11 is 14.1. The molecule has 0 aromatic rings. The first-order valence-electron chi connectivity index (χ1n) is 6.88. The van der Waals surface area contributed by atoms with Crippen LogP contribution in [0.3, 0.4) is 0 Å². The normalized spacial score (nSPS) is 50.5. The largest absolute Gasteiger partial charge is 0.392 e. The minimum Gasteiger partial charge on any atom is -0.392 e. The molecule has 0 aromatic carbocycles. The van der Waals surface area contributed by atoms with Crippen LogP contribution in [0.4, 0.5) is 0 Å². The first kappa shape index (κ1) is 16.3. The fourth-order valence-corrected chi connectivity index (χ4v) is 5.25. The monoisotopic (exact) mass is 412 g/mol. The van der Waals surface area contributed by atoms with Crippen LogP contribution in [0, 0.1) is 10.8 Å². The molecule has 2 rings (SSSR count). The minimum atomic E-state index is -0.348. The van der Waals surface area contributed by atoms with E-state index in [1.54, 1.807) is 0 Å². The van der Waals surface area contributed by atoms with Crippen molar-refractivity contribution in [3.05, 3.63) is 12.2 Å². The lowest BCUT2D eigenvalue weighted by molar-refractivity contribution is -0.0175. The summed E-state index contributed by atoms with van der Waals surface area (Å²) in [6.45, 7) is 10.9. The van der Waals surface area contributed by atoms with Gasteiger partial charge in [-0.3, -0.25) is 0 Å². The Morgan fingerprint density at radius 1 is 1.32 bits per heavy atom. The summed E-state index contributed by atoms with van der Waals surface area (Å²) in [6.07, 6.45) is 3.39. The lowest BCUT2D eigenvalue weighted by atomic mass is 9.49. The Kier molecular flexibility index (Phi) is 4.29. The Hall–Kier alpha value is 0.950. The molecule has 0 aromatic heterocycles. The highest BCUT2D eigenvalue weighted by atomic mass is 79.9. The second-order valence-corrected chi connectivity index (χ2v) is 10.4. The molecule has 0 bridgehead atoms. The van der Waals surface area contributed by atoms with Crippen molar-refractivity contribution in [3.8, 4) is 0 Å². The van der Waals surface area contributed by atoms with Crippen LogP contribution in [-0.2, 0) is 0 Å². The summed E-state index contributed by atoms with van der Waals surface area (Å²) in [4.78, 5) is 0.0917. The van der Waals surface area contributed by atoms with Crippen molar-refractivity contribution < 1.29 is 5.11 Å². The van der Waals surface area contributed by atoms with E-state index in [9.17, 15) is 5.11 Å². The van der Waals surface area contributed by atoms with Crippen LogP contribution in [0.2, 0.25) is 0 Å². The van der Waals surface area contributed by atoms with E-state index in [0.29, 0.717) is 6.42 Å². The van der Waals surface area contributed by atoms with Crippen molar-refractivity contribution in [2.24, 2.45) is 10.8 Å². The molecule has 2 aliphatic carbocycles. The van der Waals surface area contributed by atoms with E-state index >= 15 is 0 Å². The van der Waals surface area contributed by atoms with Crippen molar-refractivity contribution >= 4 is 43.5 Å². The summed E-state index contributed by atoms with van der Waals surface area (Å²) in [7, 11) is 0. The average Bonchev–Trinajstić information content (AvgIpc) is 2.29. The van der Waals surface area contributed by atoms with E-state index in [1.807, 2.05) is 0 Å². The Morgan fingerprint density at radius 2 is 1.89 bits per heavy atom. The van der Waals surface area contributed by atoms with E-state index in [4.69, 9.17) is 11.6 Å². The molecule has 0 saturated heterocycles. The van der Waals surface area contributed by atoms with Gasteiger partial charge in [0.2, 0.25) is 0 Å². The SMILES string of the molecule is C=C1CC(O)C(Br)C(C)(C)C12CC[C@](C)(Br)[C@@H](Cl)C2. The number of halogens is 3. The molecule has 5 atom stereocenters. The Labute approximate surface area is 138 Å². The maximum Gasteiger partial charge on any atom is 0.0707 e. The smallest absolute Gasteiger partial charge is 0.0707 e. The van der Waals surface area contributed by atoms with E-state index in [0.717, 1.165) is 19.3 Å². The van der Waals surface area contributed by atoms with Crippen molar-refractivity contribution in [1.82, 2.24) is 0 Å². The van der Waals surface area contributed by atoms with Crippen molar-refractivity contribution in [2.45, 2.75) is 67.1 Å². The molecule has 1 nitrogen and oxygen atoms in total. The van der Waals surface area contributed by atoms with Gasteiger partial charge in [0.05, 0.1) is 6.10 Å². The second-order valence-electron chi connectivity index (χ2n) is 7.03. The molecule has 2 aliphatic rings. The van der Waals surface area contributed by atoms with Crippen LogP contribution in [0.15, 0.2) is 12.2 Å². The van der Waals surface area contributed by atoms with Gasteiger partial charge in [0.25, 0.3) is 0 Å². The molecule has 0 amide bonds. The fraction of sp³-hybridized carbons (Fsp3) is 0.867. The van der Waals surface area contributed by atoms with Gasteiger partial charge < -0.3 is 5.11 Å². The standard InChI is InChI=1S/C15H23Br2ClO/c1-9-7-10(19)12(16)13(2,3)15(9)6-5-14(4,17)11(18)8-15/h10-12,19H,1,5-8H2,2-4H3/t10?,11-,12?,14-,15?/m0/s1. The average molecular weight is 415 g/mol. The summed E-state index contributed by atoms with van der Waals surface area (Å²) in [5.74, 6) is 0. The molecule has 4 heteroatoms. The Morgan fingerprint density at radius 3 is 2.42 bits per heavy atom. The van der Waals surface area contributed by atoms with Gasteiger partial charge in [0, 0.05) is 14.5 Å². The van der Waals surface area contributed by atoms with Crippen LogP contribution in [0.1, 0.15) is 46.5 Å². The van der Waals surface area contributed by atoms with Gasteiger partial charge >= 0.3 is 0 Å². The highest BCUT2D eigenvalue weighted by Gasteiger charge is 2.59. The lowest BCUT2D eigenvalue weighted by Gasteiger charge is -2.60. The number of aliphatic hydroxyl groups excluding tert-OH is 1. The van der Waals surface area contributed by atoms with E-state index in [-0.39, 0.29) is 31.5 Å². The molecule has 0 aliphatic heterocycles. The Bertz CT molecular complexity index is 394. The number of hydrogen-bond acceptors (Lipinski definition) is 1. The third-order valence-corrected chi connectivity index (χ3v) is 9.22. The number of hydrogen-bond donors (Lipinski definition) is 1. The number of rotatable bonds is 0. The van der Waals surface area contributed by atoms with Crippen molar-refractivity contribution in [3.63, 3.8) is 0 Å². The number of aliphatic hydroxyl groups is 1. The minimum absolute atomic E-state index is 0.00797. The molecule has 3 unspecified atom stereocenters. The second kappa shape index (κ2) is 5.00. The quantitative estimate of drug-likeness (QED) is 0.435. The van der Waals surface area contributed by atoms with Gasteiger partial charge in [-0.15, -0.1) is 11.6 Å². The van der Waals surface area contributed by atoms with Crippen molar-refractivity contribution in [1.29, 1.82) is 0 Å². The molecule has 1 N–H and O–H groups in total. The zero-order valence-corrected chi connectivity index (χ0v) is 15.8. The van der Waals surface area contributed by atoms with Crippen LogP contribution in [-0.4, -0.2) is 25.7 Å². The van der Waals surface area contributed by atoms with Gasteiger partial charge in [-0.1, -0.05) is 57.9 Å². The van der Waals surface area contributed by atoms with Crippen LogP contribution >= 0.6 is 43.5 Å². The van der Waals surface area contributed by atoms with E-state index in [1.165, 1.54) is 5.57 Å². The molecule has 1 spiro atoms. The fourth-order valence-electron chi connectivity index (χ4n) is 3.89. The maximum atomic E-state index is 10.2. The van der Waals surface area contributed by atoms with E-state index < -0.39 is 0 Å². The van der Waals surface area contributed by atoms with Crippen molar-refractivity contribution in [2.75, 3.05) is 0 Å². The highest BCUT2D eigenvalue weighted by Crippen LogP contribution is 2.64. The molecule has 0 radical (unpaired) electrons. The molecule has 19 heavy (non-hydrogen) atoms. The summed E-state index contributed by atoms with van der Waals surface area (Å²) in [5.41, 5.74) is 1.16. The summed E-state index contributed by atoms with van der Waals surface area (Å²) in [5, 5.41) is 10.3. The number of alkyl halides is 3. The van der Waals surface area contributed by atoms with E-state index in [2.05, 4.69) is 59.2 Å². The van der Waals surface area contributed by atoms with Crippen LogP contribution in [0.25, 0.3) is 0 Å². The van der Waals surface area contributed by atoms with Gasteiger partial charge in [0.1, 0.15) is 0 Å². The van der Waals surface area contributed by atoms with Gasteiger partial charge in [-0.05, 0) is 43.4 Å². The van der Waals surface area contributed by atoms with Gasteiger partial charge in [-0.25, -0.2) is 0 Å². The predicted molar refractivity (Wildman–Crippen MR) is 89.5 cm³/mol.